The molecule has 0 aliphatic carbocycles. The third-order valence-electron chi connectivity index (χ3n) is 3.26. The van der Waals surface area contributed by atoms with Crippen LogP contribution < -0.4 is 4.74 Å². The quantitative estimate of drug-likeness (QED) is 0.532. The van der Waals surface area contributed by atoms with Gasteiger partial charge in [-0.15, -0.1) is 11.3 Å². The monoisotopic (exact) mass is 356 g/mol. The van der Waals surface area contributed by atoms with Crippen molar-refractivity contribution in [1.82, 2.24) is 4.98 Å². The number of aliphatic carboxylic acids is 1. The number of nitro benzene ring substituents is 1. The Morgan fingerprint density at radius 2 is 2.00 bits per heavy atom. The molecule has 2 aromatic carbocycles. The van der Waals surface area contributed by atoms with Crippen molar-refractivity contribution >= 4 is 45.4 Å². The number of hydrogen-bond acceptors (Lipinski definition) is 6. The lowest BCUT2D eigenvalue weighted by Crippen LogP contribution is -2.09. The van der Waals surface area contributed by atoms with Crippen LogP contribution in [0.5, 0.6) is 5.75 Å². The van der Waals surface area contributed by atoms with Crippen molar-refractivity contribution < 1.29 is 19.6 Å². The van der Waals surface area contributed by atoms with Gasteiger partial charge in [0.2, 0.25) is 0 Å². The Morgan fingerprint density at radius 3 is 2.68 bits per heavy atom. The summed E-state index contributed by atoms with van der Waals surface area (Å²) in [5.41, 5.74) is 1.51. The highest BCUT2D eigenvalue weighted by molar-refractivity contribution is 7.19. The van der Waals surface area contributed by atoms with Gasteiger partial charge in [0.1, 0.15) is 10.8 Å². The number of carboxylic acids is 1. The second kappa shape index (κ2) is 7.10. The molecule has 1 aromatic heterocycles. The minimum absolute atomic E-state index is 0.0188. The van der Waals surface area contributed by atoms with Crippen LogP contribution >= 0.6 is 11.3 Å². The molecule has 0 aliphatic heterocycles. The van der Waals surface area contributed by atoms with Crippen molar-refractivity contribution in [3.8, 4) is 5.75 Å². The largest absolute Gasteiger partial charge is 0.482 e. The number of carboxylic acid groups (broad SMARTS) is 1. The fraction of sp³-hybridized carbons (Fsp3) is 0.0588. The number of aromatic nitrogens is 1. The zero-order chi connectivity index (χ0) is 17.8. The van der Waals surface area contributed by atoms with Crippen molar-refractivity contribution in [1.29, 1.82) is 0 Å². The van der Waals surface area contributed by atoms with Gasteiger partial charge in [-0.1, -0.05) is 18.2 Å². The van der Waals surface area contributed by atoms with Crippen LogP contribution in [0.15, 0.2) is 42.5 Å². The number of thiazole rings is 1. The molecular formula is C17H12N2O5S. The van der Waals surface area contributed by atoms with E-state index < -0.39 is 10.9 Å². The van der Waals surface area contributed by atoms with E-state index in [0.29, 0.717) is 11.3 Å². The van der Waals surface area contributed by atoms with Gasteiger partial charge in [-0.25, -0.2) is 9.78 Å². The first-order valence-corrected chi connectivity index (χ1v) is 8.00. The third-order valence-corrected chi connectivity index (χ3v) is 4.26. The highest BCUT2D eigenvalue weighted by Gasteiger charge is 2.09. The average Bonchev–Trinajstić information content (AvgIpc) is 3.01. The van der Waals surface area contributed by atoms with Crippen molar-refractivity contribution in [3.05, 3.63) is 63.1 Å². The molecule has 0 radical (unpaired) electrons. The minimum Gasteiger partial charge on any atom is -0.482 e. The Hall–Kier alpha value is -3.26. The van der Waals surface area contributed by atoms with Crippen LogP contribution in [0, 0.1) is 10.1 Å². The predicted octanol–water partition coefficient (Wildman–Crippen LogP) is 3.84. The highest BCUT2D eigenvalue weighted by Crippen LogP contribution is 2.27. The lowest BCUT2D eigenvalue weighted by molar-refractivity contribution is -0.384. The summed E-state index contributed by atoms with van der Waals surface area (Å²) in [6, 6.07) is 11.6. The predicted molar refractivity (Wildman–Crippen MR) is 94.8 cm³/mol. The maximum Gasteiger partial charge on any atom is 0.341 e. The molecule has 0 atom stereocenters. The number of nitro groups is 1. The van der Waals surface area contributed by atoms with E-state index in [0.717, 1.165) is 15.3 Å². The Kier molecular flexibility index (Phi) is 4.71. The number of fused-ring (bicyclic) bond motifs is 1. The van der Waals surface area contributed by atoms with E-state index in [2.05, 4.69) is 4.98 Å². The molecule has 25 heavy (non-hydrogen) atoms. The molecule has 0 saturated heterocycles. The van der Waals surface area contributed by atoms with Crippen LogP contribution in [-0.4, -0.2) is 27.6 Å². The topological polar surface area (TPSA) is 103 Å². The second-order valence-corrected chi connectivity index (χ2v) is 6.11. The number of benzene rings is 2. The van der Waals surface area contributed by atoms with E-state index in [1.54, 1.807) is 30.3 Å². The SMILES string of the molecule is O=C(O)COc1ccc(/C=C/c2nc3cc([N+](=O)[O-])ccc3s2)cc1. The maximum atomic E-state index is 10.8. The molecule has 0 saturated carbocycles. The van der Waals surface area contributed by atoms with Crippen LogP contribution in [0.2, 0.25) is 0 Å². The van der Waals surface area contributed by atoms with E-state index in [1.165, 1.54) is 23.5 Å². The fourth-order valence-electron chi connectivity index (χ4n) is 2.11. The molecule has 0 spiro atoms. The number of ether oxygens (including phenoxy) is 1. The molecule has 1 heterocycles. The van der Waals surface area contributed by atoms with Gasteiger partial charge in [0, 0.05) is 12.1 Å². The van der Waals surface area contributed by atoms with Crippen molar-refractivity contribution in [3.63, 3.8) is 0 Å². The highest BCUT2D eigenvalue weighted by atomic mass is 32.1. The van der Waals surface area contributed by atoms with E-state index in [9.17, 15) is 14.9 Å². The molecule has 0 fully saturated rings. The number of rotatable bonds is 6. The zero-order valence-corrected chi connectivity index (χ0v) is 13.6. The lowest BCUT2D eigenvalue weighted by atomic mass is 10.2. The molecule has 1 N–H and O–H groups in total. The fourth-order valence-corrected chi connectivity index (χ4v) is 2.96. The third kappa shape index (κ3) is 4.18. The normalized spacial score (nSPS) is 11.0. The molecule has 3 aromatic rings. The summed E-state index contributed by atoms with van der Waals surface area (Å²) in [6.07, 6.45) is 3.68. The Labute approximate surface area is 146 Å². The van der Waals surface area contributed by atoms with Crippen molar-refractivity contribution in [2.45, 2.75) is 0 Å². The van der Waals surface area contributed by atoms with E-state index in [1.807, 2.05) is 12.2 Å². The molecule has 0 aliphatic rings. The van der Waals surface area contributed by atoms with Gasteiger partial charge < -0.3 is 9.84 Å². The van der Waals surface area contributed by atoms with Crippen LogP contribution in [0.4, 0.5) is 5.69 Å². The average molecular weight is 356 g/mol. The van der Waals surface area contributed by atoms with Crippen molar-refractivity contribution in [2.75, 3.05) is 6.61 Å². The summed E-state index contributed by atoms with van der Waals surface area (Å²) in [6.45, 7) is -0.382. The van der Waals surface area contributed by atoms with Gasteiger partial charge in [-0.3, -0.25) is 10.1 Å². The first-order valence-electron chi connectivity index (χ1n) is 7.19. The lowest BCUT2D eigenvalue weighted by Gasteiger charge is -2.02. The molecule has 0 bridgehead atoms. The zero-order valence-electron chi connectivity index (χ0n) is 12.8. The summed E-state index contributed by atoms with van der Waals surface area (Å²) >= 11 is 1.44. The van der Waals surface area contributed by atoms with Crippen molar-refractivity contribution in [2.24, 2.45) is 0 Å². The molecule has 0 amide bonds. The first-order chi connectivity index (χ1) is 12.0. The number of non-ortho nitro benzene ring substituents is 1. The van der Waals surface area contributed by atoms with E-state index in [-0.39, 0.29) is 12.3 Å². The van der Waals surface area contributed by atoms with Crippen LogP contribution in [-0.2, 0) is 4.79 Å². The van der Waals surface area contributed by atoms with Crippen LogP contribution in [0.3, 0.4) is 0 Å². The van der Waals surface area contributed by atoms with Gasteiger partial charge in [0.15, 0.2) is 6.61 Å². The Balaban J connectivity index is 1.74. The van der Waals surface area contributed by atoms with Gasteiger partial charge in [0.25, 0.3) is 5.69 Å². The van der Waals surface area contributed by atoms with Gasteiger partial charge >= 0.3 is 5.97 Å². The number of hydrogen-bond donors (Lipinski definition) is 1. The maximum absolute atomic E-state index is 10.8. The Bertz CT molecular complexity index is 963. The van der Waals surface area contributed by atoms with E-state index >= 15 is 0 Å². The van der Waals surface area contributed by atoms with Gasteiger partial charge in [0.05, 0.1) is 15.1 Å². The molecule has 7 nitrogen and oxygen atoms in total. The summed E-state index contributed by atoms with van der Waals surface area (Å²) in [7, 11) is 0. The summed E-state index contributed by atoms with van der Waals surface area (Å²) < 4.78 is 5.94. The number of carbonyl (C=O) groups is 1. The smallest absolute Gasteiger partial charge is 0.341 e. The standard InChI is InChI=1S/C17H12N2O5S/c20-17(21)10-24-13-5-1-11(2-6-13)3-8-16-18-14-9-12(19(22)23)4-7-15(14)25-16/h1-9H,10H2,(H,20,21)/b8-3+. The summed E-state index contributed by atoms with van der Waals surface area (Å²) in [4.78, 5) is 25.2. The summed E-state index contributed by atoms with van der Waals surface area (Å²) in [5.74, 6) is -0.549. The number of nitrogens with zero attached hydrogens (tertiary/aromatic N) is 2. The first kappa shape index (κ1) is 16.6. The van der Waals surface area contributed by atoms with Gasteiger partial charge in [-0.2, -0.15) is 0 Å². The second-order valence-electron chi connectivity index (χ2n) is 5.05. The van der Waals surface area contributed by atoms with Gasteiger partial charge in [-0.05, 0) is 29.8 Å². The molecule has 8 heteroatoms. The minimum atomic E-state index is -1.03. The molecule has 126 valence electrons. The van der Waals surface area contributed by atoms with E-state index in [4.69, 9.17) is 9.84 Å². The van der Waals surface area contributed by atoms with Crippen LogP contribution in [0.25, 0.3) is 22.4 Å². The molecule has 0 unspecified atom stereocenters. The van der Waals surface area contributed by atoms with Crippen LogP contribution in [0.1, 0.15) is 10.6 Å². The molecule has 3 rings (SSSR count). The Morgan fingerprint density at radius 1 is 1.24 bits per heavy atom. The summed E-state index contributed by atoms with van der Waals surface area (Å²) in [5, 5.41) is 20.1. The molecular weight excluding hydrogens is 344 g/mol.